The van der Waals surface area contributed by atoms with Gasteiger partial charge in [-0.05, 0) is 31.2 Å². The predicted octanol–water partition coefficient (Wildman–Crippen LogP) is 1.98. The van der Waals surface area contributed by atoms with Crippen LogP contribution in [-0.4, -0.2) is 46.3 Å². The number of nitrogens with one attached hydrogen (secondary N) is 3. The highest BCUT2D eigenvalue weighted by atomic mass is 16.5. The van der Waals surface area contributed by atoms with Crippen molar-refractivity contribution < 1.29 is 28.5 Å². The van der Waals surface area contributed by atoms with E-state index in [4.69, 9.17) is 18.9 Å². The van der Waals surface area contributed by atoms with Crippen LogP contribution < -0.4 is 35.1 Å². The van der Waals surface area contributed by atoms with Crippen LogP contribution in [0.2, 0.25) is 0 Å². The van der Waals surface area contributed by atoms with Crippen LogP contribution in [0.1, 0.15) is 17.3 Å². The third kappa shape index (κ3) is 5.68. The molecule has 3 N–H and O–H groups in total. The van der Waals surface area contributed by atoms with Crippen molar-refractivity contribution in [2.45, 2.75) is 6.92 Å². The molecule has 0 bridgehead atoms. The van der Waals surface area contributed by atoms with E-state index in [1.165, 1.54) is 33.5 Å². The zero-order chi connectivity index (χ0) is 21.2. The van der Waals surface area contributed by atoms with Crippen molar-refractivity contribution in [1.29, 1.82) is 0 Å². The molecule has 9 heteroatoms. The first-order chi connectivity index (χ1) is 14.0. The molecule has 0 radical (unpaired) electrons. The van der Waals surface area contributed by atoms with Crippen molar-refractivity contribution in [3.63, 3.8) is 0 Å². The number of carbonyl (C=O) groups excluding carboxylic acids is 2. The van der Waals surface area contributed by atoms with E-state index in [0.29, 0.717) is 35.3 Å². The van der Waals surface area contributed by atoms with Gasteiger partial charge in [-0.1, -0.05) is 12.1 Å². The predicted molar refractivity (Wildman–Crippen MR) is 108 cm³/mol. The summed E-state index contributed by atoms with van der Waals surface area (Å²) < 4.78 is 21.2. The summed E-state index contributed by atoms with van der Waals surface area (Å²) in [6, 6.07) is 10.2. The van der Waals surface area contributed by atoms with E-state index in [2.05, 4.69) is 16.2 Å². The van der Waals surface area contributed by atoms with Gasteiger partial charge in [0.05, 0.1) is 40.2 Å². The molecule has 0 aliphatic rings. The Kier molecular flexibility index (Phi) is 7.96. The van der Waals surface area contributed by atoms with Gasteiger partial charge in [-0.2, -0.15) is 0 Å². The van der Waals surface area contributed by atoms with Crippen LogP contribution in [-0.2, 0) is 4.79 Å². The highest BCUT2D eigenvalue weighted by molar-refractivity contribution is 5.97. The molecule has 2 rings (SSSR count). The summed E-state index contributed by atoms with van der Waals surface area (Å²) in [7, 11) is 4.37. The quantitative estimate of drug-likeness (QED) is 0.550. The Labute approximate surface area is 169 Å². The molecule has 9 nitrogen and oxygen atoms in total. The maximum atomic E-state index is 12.4. The first-order valence-electron chi connectivity index (χ1n) is 8.88. The molecule has 0 saturated carbocycles. The summed E-state index contributed by atoms with van der Waals surface area (Å²) in [4.78, 5) is 24.4. The Hall–Kier alpha value is -3.62. The standard InChI is InChI=1S/C20H25N3O6/c1-5-29-15-9-7-6-8-14(15)21-12-18(24)22-23-20(25)13-10-16(26-2)19(28-4)17(11-13)27-3/h6-11,21H,5,12H2,1-4H3,(H,22,24)(H,23,25). The van der Waals surface area contributed by atoms with Gasteiger partial charge in [0, 0.05) is 5.56 Å². The van der Waals surface area contributed by atoms with E-state index in [1.54, 1.807) is 12.1 Å². The Morgan fingerprint density at radius 3 is 2.14 bits per heavy atom. The monoisotopic (exact) mass is 403 g/mol. The van der Waals surface area contributed by atoms with E-state index < -0.39 is 11.8 Å². The normalized spacial score (nSPS) is 9.93. The Balaban J connectivity index is 1.96. The first-order valence-corrected chi connectivity index (χ1v) is 8.88. The number of ether oxygens (including phenoxy) is 4. The molecule has 2 aromatic rings. The summed E-state index contributed by atoms with van der Waals surface area (Å²) >= 11 is 0. The third-order valence-corrected chi connectivity index (χ3v) is 3.87. The fraction of sp³-hybridized carbons (Fsp3) is 0.300. The van der Waals surface area contributed by atoms with Crippen LogP contribution in [0.5, 0.6) is 23.0 Å². The van der Waals surface area contributed by atoms with E-state index in [9.17, 15) is 9.59 Å². The van der Waals surface area contributed by atoms with E-state index in [0.717, 1.165) is 0 Å². The Morgan fingerprint density at radius 2 is 1.55 bits per heavy atom. The highest BCUT2D eigenvalue weighted by Crippen LogP contribution is 2.38. The molecule has 0 aliphatic heterocycles. The van der Waals surface area contributed by atoms with Gasteiger partial charge in [0.15, 0.2) is 11.5 Å². The van der Waals surface area contributed by atoms with Crippen molar-refractivity contribution in [1.82, 2.24) is 10.9 Å². The van der Waals surface area contributed by atoms with Crippen LogP contribution in [0.4, 0.5) is 5.69 Å². The number of hydrazine groups is 1. The number of hydrogen-bond donors (Lipinski definition) is 3. The number of amides is 2. The molecule has 0 unspecified atom stereocenters. The van der Waals surface area contributed by atoms with Crippen LogP contribution >= 0.6 is 0 Å². The molecule has 0 aliphatic carbocycles. The minimum Gasteiger partial charge on any atom is -0.493 e. The molecule has 2 aromatic carbocycles. The first kappa shape index (κ1) is 21.7. The van der Waals surface area contributed by atoms with Crippen LogP contribution in [0.25, 0.3) is 0 Å². The summed E-state index contributed by atoms with van der Waals surface area (Å²) in [5, 5.41) is 2.97. The number of anilines is 1. The van der Waals surface area contributed by atoms with E-state index >= 15 is 0 Å². The van der Waals surface area contributed by atoms with Crippen LogP contribution in [0, 0.1) is 0 Å². The largest absolute Gasteiger partial charge is 0.493 e. The summed E-state index contributed by atoms with van der Waals surface area (Å²) in [6.07, 6.45) is 0. The van der Waals surface area contributed by atoms with Crippen LogP contribution in [0.15, 0.2) is 36.4 Å². The SMILES string of the molecule is CCOc1ccccc1NCC(=O)NNC(=O)c1cc(OC)c(OC)c(OC)c1. The summed E-state index contributed by atoms with van der Waals surface area (Å²) in [5.41, 5.74) is 5.62. The number of hydrogen-bond acceptors (Lipinski definition) is 7. The van der Waals surface area contributed by atoms with Gasteiger partial charge in [0.1, 0.15) is 5.75 Å². The van der Waals surface area contributed by atoms with Gasteiger partial charge in [-0.3, -0.25) is 20.4 Å². The minimum absolute atomic E-state index is 0.0559. The fourth-order valence-electron chi connectivity index (χ4n) is 2.52. The fourth-order valence-corrected chi connectivity index (χ4v) is 2.52. The smallest absolute Gasteiger partial charge is 0.269 e. The maximum absolute atomic E-state index is 12.4. The number of benzene rings is 2. The molecule has 0 fully saturated rings. The van der Waals surface area contributed by atoms with Crippen molar-refractivity contribution in [2.24, 2.45) is 0 Å². The molecule has 29 heavy (non-hydrogen) atoms. The molecule has 156 valence electrons. The lowest BCUT2D eigenvalue weighted by Gasteiger charge is -2.15. The topological polar surface area (TPSA) is 107 Å². The van der Waals surface area contributed by atoms with E-state index in [-0.39, 0.29) is 12.1 Å². The second-order valence-electron chi connectivity index (χ2n) is 5.70. The molecule has 0 spiro atoms. The van der Waals surface area contributed by atoms with Gasteiger partial charge in [0.25, 0.3) is 11.8 Å². The zero-order valence-electron chi connectivity index (χ0n) is 16.8. The van der Waals surface area contributed by atoms with Gasteiger partial charge in [0.2, 0.25) is 5.75 Å². The summed E-state index contributed by atoms with van der Waals surface area (Å²) in [6.45, 7) is 2.33. The van der Waals surface area contributed by atoms with Gasteiger partial charge in [-0.25, -0.2) is 0 Å². The molecule has 0 heterocycles. The van der Waals surface area contributed by atoms with Gasteiger partial charge in [-0.15, -0.1) is 0 Å². The van der Waals surface area contributed by atoms with Crippen molar-refractivity contribution >= 4 is 17.5 Å². The number of para-hydroxylation sites is 2. The molecule has 2 amide bonds. The molecule has 0 aromatic heterocycles. The van der Waals surface area contributed by atoms with Crippen molar-refractivity contribution in [3.8, 4) is 23.0 Å². The zero-order valence-corrected chi connectivity index (χ0v) is 16.8. The average Bonchev–Trinajstić information content (AvgIpc) is 2.75. The average molecular weight is 403 g/mol. The lowest BCUT2D eigenvalue weighted by molar-refractivity contribution is -0.120. The molecule has 0 atom stereocenters. The van der Waals surface area contributed by atoms with E-state index in [1.807, 2.05) is 19.1 Å². The minimum atomic E-state index is -0.535. The highest BCUT2D eigenvalue weighted by Gasteiger charge is 2.17. The summed E-state index contributed by atoms with van der Waals surface area (Å²) in [5.74, 6) is 0.705. The Bertz CT molecular complexity index is 831. The third-order valence-electron chi connectivity index (χ3n) is 3.87. The second-order valence-corrected chi connectivity index (χ2v) is 5.70. The lowest BCUT2D eigenvalue weighted by atomic mass is 10.1. The molecular weight excluding hydrogens is 378 g/mol. The maximum Gasteiger partial charge on any atom is 0.269 e. The molecule has 0 saturated heterocycles. The van der Waals surface area contributed by atoms with Crippen LogP contribution in [0.3, 0.4) is 0 Å². The van der Waals surface area contributed by atoms with Gasteiger partial charge < -0.3 is 24.3 Å². The lowest BCUT2D eigenvalue weighted by Crippen LogP contribution is -2.44. The number of rotatable bonds is 9. The molecular formula is C20H25N3O6. The van der Waals surface area contributed by atoms with Crippen molar-refractivity contribution in [2.75, 3.05) is 39.8 Å². The van der Waals surface area contributed by atoms with Gasteiger partial charge >= 0.3 is 0 Å². The number of methoxy groups -OCH3 is 3. The Morgan fingerprint density at radius 1 is 0.897 bits per heavy atom. The second kappa shape index (κ2) is 10.6. The number of carbonyl (C=O) groups is 2. The van der Waals surface area contributed by atoms with Crippen molar-refractivity contribution in [3.05, 3.63) is 42.0 Å².